The molecule has 254 valence electrons. The smallest absolute Gasteiger partial charge is 0.411 e. The molecule has 2 N–H and O–H groups in total. The number of carbonyl (C=O) groups excluding carboxylic acids is 3. The third-order valence-electron chi connectivity index (χ3n) is 8.87. The molecular formula is C32H41N5O9S. The van der Waals surface area contributed by atoms with Crippen molar-refractivity contribution in [3.05, 3.63) is 30.9 Å². The Balaban J connectivity index is 1.28. The molecule has 4 atom stereocenters. The number of pyridine rings is 1. The molecule has 3 amide bonds. The van der Waals surface area contributed by atoms with Crippen LogP contribution < -0.4 is 29.1 Å². The Labute approximate surface area is 273 Å². The maximum absolute atomic E-state index is 13.9. The van der Waals surface area contributed by atoms with E-state index in [1.54, 1.807) is 33.9 Å². The highest BCUT2D eigenvalue weighted by Gasteiger charge is 2.62. The van der Waals surface area contributed by atoms with Crippen LogP contribution in [-0.2, 0) is 24.3 Å². The zero-order chi connectivity index (χ0) is 33.9. The molecule has 1 aromatic heterocycles. The number of methoxy groups -OCH3 is 1. The molecule has 4 aliphatic rings. The van der Waals surface area contributed by atoms with Gasteiger partial charge in [0.05, 0.1) is 25.4 Å². The van der Waals surface area contributed by atoms with Gasteiger partial charge >= 0.3 is 6.09 Å². The molecule has 2 aromatic rings. The molecule has 0 spiro atoms. The first kappa shape index (κ1) is 32.7. The van der Waals surface area contributed by atoms with Gasteiger partial charge in [0, 0.05) is 30.2 Å². The highest BCUT2D eigenvalue weighted by Crippen LogP contribution is 2.46. The van der Waals surface area contributed by atoms with Gasteiger partial charge in [0.2, 0.25) is 21.8 Å². The van der Waals surface area contributed by atoms with Crippen molar-refractivity contribution in [2.45, 2.75) is 75.0 Å². The van der Waals surface area contributed by atoms with Gasteiger partial charge in [-0.15, -0.1) is 6.58 Å². The molecule has 3 heterocycles. The average molecular weight is 672 g/mol. The van der Waals surface area contributed by atoms with E-state index in [2.05, 4.69) is 16.6 Å². The number of amides is 3. The molecule has 47 heavy (non-hydrogen) atoms. The Bertz CT molecular complexity index is 1740. The number of ether oxygens (including phenoxy) is 4. The topological polar surface area (TPSA) is 166 Å². The number of hydrogen-bond donors (Lipinski definition) is 2. The number of likely N-dealkylation sites (N-methyl/N-ethyl adjacent to an activating group) is 1. The molecule has 1 saturated heterocycles. The molecule has 0 radical (unpaired) electrons. The van der Waals surface area contributed by atoms with Crippen LogP contribution in [0.2, 0.25) is 0 Å². The lowest BCUT2D eigenvalue weighted by molar-refractivity contribution is -0.131. The minimum Gasteiger partial charge on any atom is -0.497 e. The van der Waals surface area contributed by atoms with E-state index in [1.807, 2.05) is 24.1 Å². The predicted molar refractivity (Wildman–Crippen MR) is 172 cm³/mol. The molecule has 14 nitrogen and oxygen atoms in total. The van der Waals surface area contributed by atoms with Crippen LogP contribution in [0.25, 0.3) is 10.8 Å². The highest BCUT2D eigenvalue weighted by molar-refractivity contribution is 7.91. The number of nitrogens with one attached hydrogen (secondary N) is 2. The van der Waals surface area contributed by atoms with E-state index in [9.17, 15) is 22.8 Å². The summed E-state index contributed by atoms with van der Waals surface area (Å²) >= 11 is 0. The van der Waals surface area contributed by atoms with Gasteiger partial charge in [0.15, 0.2) is 11.6 Å². The second-order valence-corrected chi connectivity index (χ2v) is 15.5. The lowest BCUT2D eigenvalue weighted by atomic mass is 10.1. The molecule has 3 fully saturated rings. The third kappa shape index (κ3) is 6.36. The summed E-state index contributed by atoms with van der Waals surface area (Å²) in [7, 11) is -0.374. The second-order valence-electron chi connectivity index (χ2n) is 13.6. The molecule has 2 saturated carbocycles. The number of sulfonamides is 1. The largest absolute Gasteiger partial charge is 0.497 e. The predicted octanol–water partition coefficient (Wildman–Crippen LogP) is 2.50. The van der Waals surface area contributed by atoms with Crippen LogP contribution in [0, 0.1) is 5.92 Å². The summed E-state index contributed by atoms with van der Waals surface area (Å²) in [5, 5.41) is 3.56. The van der Waals surface area contributed by atoms with Crippen LogP contribution in [0.15, 0.2) is 30.9 Å². The normalized spacial score (nSPS) is 25.3. The quantitative estimate of drug-likeness (QED) is 0.376. The zero-order valence-corrected chi connectivity index (χ0v) is 28.0. The van der Waals surface area contributed by atoms with Crippen LogP contribution in [0.5, 0.6) is 17.4 Å². The highest BCUT2D eigenvalue weighted by atomic mass is 32.2. The second kappa shape index (κ2) is 11.8. The summed E-state index contributed by atoms with van der Waals surface area (Å²) in [6.07, 6.45) is 1.30. The first-order valence-corrected chi connectivity index (χ1v) is 17.2. The number of carbonyl (C=O) groups is 3. The van der Waals surface area contributed by atoms with Crippen LogP contribution in [0.1, 0.15) is 46.5 Å². The summed E-state index contributed by atoms with van der Waals surface area (Å²) in [4.78, 5) is 48.7. The molecular weight excluding hydrogens is 630 g/mol. The van der Waals surface area contributed by atoms with Crippen LogP contribution in [-0.4, -0.2) is 98.6 Å². The maximum Gasteiger partial charge on any atom is 0.411 e. The van der Waals surface area contributed by atoms with Gasteiger partial charge in [0.1, 0.15) is 35.6 Å². The van der Waals surface area contributed by atoms with Gasteiger partial charge in [-0.2, -0.15) is 4.98 Å². The Kier molecular flexibility index (Phi) is 8.17. The van der Waals surface area contributed by atoms with E-state index in [-0.39, 0.29) is 19.4 Å². The lowest BCUT2D eigenvalue weighted by Crippen LogP contribution is -2.56. The first-order valence-electron chi connectivity index (χ1n) is 15.7. The van der Waals surface area contributed by atoms with E-state index in [0.717, 1.165) is 5.39 Å². The minimum absolute atomic E-state index is 0.00407. The van der Waals surface area contributed by atoms with Crippen molar-refractivity contribution in [3.8, 4) is 17.4 Å². The third-order valence-corrected chi connectivity index (χ3v) is 10.7. The summed E-state index contributed by atoms with van der Waals surface area (Å²) in [6, 6.07) is 4.37. The van der Waals surface area contributed by atoms with Gasteiger partial charge in [0.25, 0.3) is 5.91 Å². The number of aromatic nitrogens is 1. The Morgan fingerprint density at radius 1 is 1.19 bits per heavy atom. The molecule has 0 bridgehead atoms. The minimum atomic E-state index is -3.85. The van der Waals surface area contributed by atoms with E-state index in [1.165, 1.54) is 11.0 Å². The number of nitrogens with zero attached hydrogens (tertiary/aromatic N) is 3. The molecule has 2 aliphatic heterocycles. The standard InChI is InChI=1S/C32H41N5O9S/c1-7-18-16-32(18,29(39)35-47(41,42)21-9-10-21)34-27(38)24-15-20(17-37(24)30(40)46-31(2,3)4)45-28-22-11-8-19(43-6)14-23(22)25-26(33-28)36(5)12-13-44-25/h7-8,11,14,18,20-21,24H,1,9-10,12-13,15-17H2,2-6H3,(H,34,38)(H,35,39)/t18-,20?,24?,32-/m1/s1. The first-order chi connectivity index (χ1) is 22.2. The van der Waals surface area contributed by atoms with Crippen molar-refractivity contribution in [3.63, 3.8) is 0 Å². The van der Waals surface area contributed by atoms with Crippen molar-refractivity contribution >= 4 is 44.5 Å². The lowest BCUT2D eigenvalue weighted by Gasteiger charge is -2.29. The fraction of sp³-hybridized carbons (Fsp3) is 0.562. The Morgan fingerprint density at radius 3 is 2.57 bits per heavy atom. The number of benzene rings is 1. The number of rotatable bonds is 9. The SMILES string of the molecule is C=C[C@@H]1C[C@]1(NC(=O)C1CC(Oc2nc3c(c4cc(OC)ccc24)OCCN3C)CN1C(=O)OC(C)(C)C)C(=O)NS(=O)(=O)C1CC1. The monoisotopic (exact) mass is 671 g/mol. The van der Waals surface area contributed by atoms with E-state index < -0.39 is 62.4 Å². The van der Waals surface area contributed by atoms with Crippen LogP contribution >= 0.6 is 0 Å². The molecule has 2 unspecified atom stereocenters. The van der Waals surface area contributed by atoms with Crippen LogP contribution in [0.3, 0.4) is 0 Å². The number of fused-ring (bicyclic) bond motifs is 3. The van der Waals surface area contributed by atoms with Gasteiger partial charge in [-0.25, -0.2) is 13.2 Å². The van der Waals surface area contributed by atoms with Gasteiger partial charge in [-0.3, -0.25) is 19.2 Å². The van der Waals surface area contributed by atoms with E-state index in [4.69, 9.17) is 23.9 Å². The van der Waals surface area contributed by atoms with Crippen molar-refractivity contribution in [1.82, 2.24) is 19.9 Å². The molecule has 6 rings (SSSR count). The van der Waals surface area contributed by atoms with Crippen molar-refractivity contribution < 1.29 is 41.7 Å². The number of hydrogen-bond acceptors (Lipinski definition) is 11. The van der Waals surface area contributed by atoms with Gasteiger partial charge in [-0.05, 0) is 58.2 Å². The van der Waals surface area contributed by atoms with Gasteiger partial charge < -0.3 is 29.2 Å². The Morgan fingerprint density at radius 2 is 1.94 bits per heavy atom. The summed E-state index contributed by atoms with van der Waals surface area (Å²) < 4.78 is 50.8. The molecule has 15 heteroatoms. The summed E-state index contributed by atoms with van der Waals surface area (Å²) in [5.41, 5.74) is -2.35. The molecule has 2 aliphatic carbocycles. The van der Waals surface area contributed by atoms with Crippen molar-refractivity contribution in [2.24, 2.45) is 5.92 Å². The zero-order valence-electron chi connectivity index (χ0n) is 27.2. The van der Waals surface area contributed by atoms with Crippen LogP contribution in [0.4, 0.5) is 10.6 Å². The maximum atomic E-state index is 13.9. The fourth-order valence-electron chi connectivity index (χ4n) is 6.06. The van der Waals surface area contributed by atoms with E-state index in [0.29, 0.717) is 54.6 Å². The van der Waals surface area contributed by atoms with Crippen molar-refractivity contribution in [1.29, 1.82) is 0 Å². The van der Waals surface area contributed by atoms with E-state index >= 15 is 0 Å². The average Bonchev–Trinajstić information content (AvgIpc) is 3.93. The summed E-state index contributed by atoms with van der Waals surface area (Å²) in [5.74, 6) is 0.183. The number of anilines is 1. The fourth-order valence-corrected chi connectivity index (χ4v) is 7.43. The van der Waals surface area contributed by atoms with Crippen molar-refractivity contribution in [2.75, 3.05) is 38.8 Å². The number of likely N-dealkylation sites (tertiary alicyclic amines) is 1. The summed E-state index contributed by atoms with van der Waals surface area (Å²) in [6.45, 7) is 10.0. The molecule has 1 aromatic carbocycles. The van der Waals surface area contributed by atoms with Gasteiger partial charge in [-0.1, -0.05) is 6.08 Å². The Hall–Kier alpha value is -4.27.